The summed E-state index contributed by atoms with van der Waals surface area (Å²) >= 11 is 0. The van der Waals surface area contributed by atoms with E-state index in [9.17, 15) is 4.79 Å². The maximum Gasteiger partial charge on any atom is 0.225 e. The summed E-state index contributed by atoms with van der Waals surface area (Å²) in [5.74, 6) is 0.821. The average molecular weight is 316 g/mol. The average Bonchev–Trinajstić information content (AvgIpc) is 2.56. The first-order chi connectivity index (χ1) is 11.2. The molecule has 2 N–H and O–H groups in total. The summed E-state index contributed by atoms with van der Waals surface area (Å²) in [6.45, 7) is 3.01. The van der Waals surface area contributed by atoms with Crippen molar-refractivity contribution in [3.63, 3.8) is 0 Å². The topological polar surface area (TPSA) is 50.4 Å². The molecular weight excluding hydrogens is 288 g/mol. The molecule has 23 heavy (non-hydrogen) atoms. The van der Waals surface area contributed by atoms with Crippen LogP contribution in [0.5, 0.6) is 5.75 Å². The predicted octanol–water partition coefficient (Wildman–Crippen LogP) is 3.89. The molecule has 1 aromatic carbocycles. The van der Waals surface area contributed by atoms with E-state index >= 15 is 0 Å². The molecule has 1 amide bonds. The maximum atomic E-state index is 12.0. The third-order valence-electron chi connectivity index (χ3n) is 4.19. The molecule has 126 valence electrons. The monoisotopic (exact) mass is 316 g/mol. The molecule has 1 aliphatic carbocycles. The fourth-order valence-electron chi connectivity index (χ4n) is 2.85. The van der Waals surface area contributed by atoms with Crippen molar-refractivity contribution in [2.45, 2.75) is 51.5 Å². The molecule has 1 aromatic rings. The molecule has 4 nitrogen and oxygen atoms in total. The SMILES string of the molecule is COc1ccc(NC(=O)C[C@@H](C)NCCC2=CCCCC2)cc1. The summed E-state index contributed by atoms with van der Waals surface area (Å²) in [4.78, 5) is 12.0. The molecule has 0 aromatic heterocycles. The summed E-state index contributed by atoms with van der Waals surface area (Å²) in [6, 6.07) is 7.57. The van der Waals surface area contributed by atoms with Crippen molar-refractivity contribution in [2.75, 3.05) is 19.0 Å². The number of hydrogen-bond donors (Lipinski definition) is 2. The van der Waals surface area contributed by atoms with Gasteiger partial charge in [0, 0.05) is 18.2 Å². The van der Waals surface area contributed by atoms with Gasteiger partial charge in [-0.15, -0.1) is 0 Å². The Bertz CT molecular complexity index is 523. The zero-order chi connectivity index (χ0) is 16.5. The van der Waals surface area contributed by atoms with Gasteiger partial charge in [-0.25, -0.2) is 0 Å². The number of ether oxygens (including phenoxy) is 1. The fourth-order valence-corrected chi connectivity index (χ4v) is 2.85. The van der Waals surface area contributed by atoms with E-state index in [1.165, 1.54) is 25.7 Å². The van der Waals surface area contributed by atoms with Gasteiger partial charge < -0.3 is 15.4 Å². The standard InChI is InChI=1S/C19H28N2O2/c1-15(20-13-12-16-6-4-3-5-7-16)14-19(22)21-17-8-10-18(23-2)11-9-17/h6,8-11,15,20H,3-5,7,12-14H2,1-2H3,(H,21,22)/t15-/m1/s1. The number of methoxy groups -OCH3 is 1. The summed E-state index contributed by atoms with van der Waals surface area (Å²) in [5, 5.41) is 6.36. The quantitative estimate of drug-likeness (QED) is 0.715. The van der Waals surface area contributed by atoms with Crippen LogP contribution in [0.15, 0.2) is 35.9 Å². The lowest BCUT2D eigenvalue weighted by molar-refractivity contribution is -0.116. The third kappa shape index (κ3) is 6.45. The van der Waals surface area contributed by atoms with Gasteiger partial charge in [0.15, 0.2) is 0 Å². The van der Waals surface area contributed by atoms with Gasteiger partial charge in [0.2, 0.25) is 5.91 Å². The minimum Gasteiger partial charge on any atom is -0.497 e. The van der Waals surface area contributed by atoms with Crippen LogP contribution in [0.2, 0.25) is 0 Å². The van der Waals surface area contributed by atoms with E-state index in [0.717, 1.165) is 24.4 Å². The number of benzene rings is 1. The van der Waals surface area contributed by atoms with E-state index in [1.807, 2.05) is 24.3 Å². The Morgan fingerprint density at radius 2 is 2.04 bits per heavy atom. The van der Waals surface area contributed by atoms with Crippen molar-refractivity contribution >= 4 is 11.6 Å². The van der Waals surface area contributed by atoms with Crippen LogP contribution < -0.4 is 15.4 Å². The molecule has 0 unspecified atom stereocenters. The van der Waals surface area contributed by atoms with E-state index in [0.29, 0.717) is 6.42 Å². The smallest absolute Gasteiger partial charge is 0.225 e. The van der Waals surface area contributed by atoms with E-state index in [1.54, 1.807) is 12.7 Å². The van der Waals surface area contributed by atoms with Gasteiger partial charge >= 0.3 is 0 Å². The number of allylic oxidation sites excluding steroid dienone is 1. The molecule has 0 heterocycles. The first kappa shape index (κ1) is 17.5. The van der Waals surface area contributed by atoms with Crippen LogP contribution in [0.25, 0.3) is 0 Å². The van der Waals surface area contributed by atoms with Crippen LogP contribution >= 0.6 is 0 Å². The Morgan fingerprint density at radius 3 is 2.70 bits per heavy atom. The van der Waals surface area contributed by atoms with Gasteiger partial charge in [-0.2, -0.15) is 0 Å². The Kier molecular flexibility index (Phi) is 7.14. The maximum absolute atomic E-state index is 12.0. The summed E-state index contributed by atoms with van der Waals surface area (Å²) in [5.41, 5.74) is 2.37. The first-order valence-corrected chi connectivity index (χ1v) is 8.52. The first-order valence-electron chi connectivity index (χ1n) is 8.52. The summed E-state index contributed by atoms with van der Waals surface area (Å²) in [7, 11) is 1.63. The van der Waals surface area contributed by atoms with E-state index < -0.39 is 0 Å². The second-order valence-corrected chi connectivity index (χ2v) is 6.19. The normalized spacial score (nSPS) is 15.7. The van der Waals surface area contributed by atoms with Crippen molar-refractivity contribution in [1.82, 2.24) is 5.32 Å². The van der Waals surface area contributed by atoms with Crippen LogP contribution in [0.1, 0.15) is 45.4 Å². The van der Waals surface area contributed by atoms with Crippen molar-refractivity contribution in [1.29, 1.82) is 0 Å². The molecular formula is C19H28N2O2. The molecule has 2 rings (SSSR count). The molecule has 0 saturated carbocycles. The third-order valence-corrected chi connectivity index (χ3v) is 4.19. The highest BCUT2D eigenvalue weighted by Gasteiger charge is 2.10. The van der Waals surface area contributed by atoms with E-state index in [2.05, 4.69) is 23.6 Å². The van der Waals surface area contributed by atoms with Crippen molar-refractivity contribution in [3.8, 4) is 5.75 Å². The molecule has 0 saturated heterocycles. The van der Waals surface area contributed by atoms with E-state index in [-0.39, 0.29) is 11.9 Å². The van der Waals surface area contributed by atoms with Gasteiger partial charge in [0.1, 0.15) is 5.75 Å². The molecule has 0 spiro atoms. The van der Waals surface area contributed by atoms with Crippen LogP contribution in [-0.2, 0) is 4.79 Å². The molecule has 1 aliphatic rings. The number of nitrogens with one attached hydrogen (secondary N) is 2. The molecule has 0 bridgehead atoms. The number of amides is 1. The highest BCUT2D eigenvalue weighted by molar-refractivity contribution is 5.91. The van der Waals surface area contributed by atoms with Gasteiger partial charge in [-0.3, -0.25) is 4.79 Å². The molecule has 1 atom stereocenters. The molecule has 4 heteroatoms. The van der Waals surface area contributed by atoms with Gasteiger partial charge in [0.25, 0.3) is 0 Å². The van der Waals surface area contributed by atoms with Crippen LogP contribution in [0.3, 0.4) is 0 Å². The molecule has 0 aliphatic heterocycles. The van der Waals surface area contributed by atoms with Crippen molar-refractivity contribution < 1.29 is 9.53 Å². The zero-order valence-corrected chi connectivity index (χ0v) is 14.2. The second-order valence-electron chi connectivity index (χ2n) is 6.19. The van der Waals surface area contributed by atoms with Gasteiger partial charge in [-0.05, 0) is 69.8 Å². The van der Waals surface area contributed by atoms with Crippen LogP contribution in [0, 0.1) is 0 Å². The van der Waals surface area contributed by atoms with Crippen molar-refractivity contribution in [2.24, 2.45) is 0 Å². The Hall–Kier alpha value is -1.81. The lowest BCUT2D eigenvalue weighted by Crippen LogP contribution is -2.31. The highest BCUT2D eigenvalue weighted by Crippen LogP contribution is 2.19. The number of carbonyl (C=O) groups excluding carboxylic acids is 1. The molecule has 0 fully saturated rings. The predicted molar refractivity (Wildman–Crippen MR) is 94.9 cm³/mol. The summed E-state index contributed by atoms with van der Waals surface area (Å²) in [6.07, 6.45) is 9.09. The summed E-state index contributed by atoms with van der Waals surface area (Å²) < 4.78 is 5.11. The number of anilines is 1. The number of carbonyl (C=O) groups is 1. The van der Waals surface area contributed by atoms with Crippen LogP contribution in [0.4, 0.5) is 5.69 Å². The number of hydrogen-bond acceptors (Lipinski definition) is 3. The lowest BCUT2D eigenvalue weighted by Gasteiger charge is -2.16. The Balaban J connectivity index is 1.66. The van der Waals surface area contributed by atoms with E-state index in [4.69, 9.17) is 4.74 Å². The minimum absolute atomic E-state index is 0.0343. The number of rotatable bonds is 8. The Labute approximate surface area is 139 Å². The minimum atomic E-state index is 0.0343. The van der Waals surface area contributed by atoms with Crippen molar-refractivity contribution in [3.05, 3.63) is 35.9 Å². The van der Waals surface area contributed by atoms with Gasteiger partial charge in [0.05, 0.1) is 7.11 Å². The lowest BCUT2D eigenvalue weighted by atomic mass is 9.97. The fraction of sp³-hybridized carbons (Fsp3) is 0.526. The highest BCUT2D eigenvalue weighted by atomic mass is 16.5. The Morgan fingerprint density at radius 1 is 1.26 bits per heavy atom. The van der Waals surface area contributed by atoms with Crippen LogP contribution in [-0.4, -0.2) is 25.6 Å². The second kappa shape index (κ2) is 9.36. The zero-order valence-electron chi connectivity index (χ0n) is 14.2. The largest absolute Gasteiger partial charge is 0.497 e. The van der Waals surface area contributed by atoms with Gasteiger partial charge in [-0.1, -0.05) is 11.6 Å². The molecule has 0 radical (unpaired) electrons.